The van der Waals surface area contributed by atoms with Gasteiger partial charge in [0.25, 0.3) is 11.1 Å². The van der Waals surface area contributed by atoms with Gasteiger partial charge in [-0.05, 0) is 126 Å². The largest absolute Gasteiger partial charge is 0.458 e. The summed E-state index contributed by atoms with van der Waals surface area (Å²) in [6.07, 6.45) is 4.00. The molecule has 4 amide bonds. The van der Waals surface area contributed by atoms with Gasteiger partial charge in [0.2, 0.25) is 23.6 Å². The minimum Gasteiger partial charge on any atom is -0.458 e. The number of aryl methyl sites for hydroxylation is 4. The summed E-state index contributed by atoms with van der Waals surface area (Å²) in [5.74, 6) is -6.02. The fourth-order valence-electron chi connectivity index (χ4n) is 12.9. The normalized spacial score (nSPS) is 16.9. The molecule has 7 N–H and O–H groups in total. The second-order valence-electron chi connectivity index (χ2n) is 27.7. The molecule has 0 radical (unpaired) electrons. The van der Waals surface area contributed by atoms with Crippen LogP contribution in [-0.2, 0) is 112 Å². The molecule has 4 aliphatic heterocycles. The minimum absolute atomic E-state index is 0.00540. The molecular weight excluding hydrogens is 1380 g/mol. The van der Waals surface area contributed by atoms with Gasteiger partial charge in [-0.25, -0.2) is 28.3 Å². The number of carbonyl (C=O) groups excluding carboxylic acids is 9. The Balaban J connectivity index is 0.000000240. The van der Waals surface area contributed by atoms with Crippen molar-refractivity contribution in [3.05, 3.63) is 124 Å². The Bertz CT molecular complexity index is 4540. The number of amides is 4. The van der Waals surface area contributed by atoms with E-state index in [1.807, 2.05) is 0 Å². The Morgan fingerprint density at radius 3 is 1.38 bits per heavy atom. The number of Topliss-reactive ketones (excluding diaryl/α,β-unsaturated/α-hetero) is 2. The maximum atomic E-state index is 14.8. The van der Waals surface area contributed by atoms with Crippen LogP contribution in [0.3, 0.4) is 0 Å². The smallest absolute Gasteiger partial charge is 0.343 e. The maximum absolute atomic E-state index is 14.8. The average Bonchev–Trinajstić information content (AvgIpc) is 1.60. The number of cyclic esters (lactones) is 2. The third-order valence-electron chi connectivity index (χ3n) is 19.5. The molecule has 574 valence electrons. The Hall–Kier alpha value is -9.58. The van der Waals surface area contributed by atoms with Gasteiger partial charge in [-0.2, -0.15) is 0 Å². The Morgan fingerprint density at radius 1 is 0.604 bits per heavy atom. The van der Waals surface area contributed by atoms with Crippen LogP contribution < -0.4 is 32.4 Å². The summed E-state index contributed by atoms with van der Waals surface area (Å²) in [5, 5.41) is 43.4. The lowest BCUT2D eigenvalue weighted by molar-refractivity contribution is -0.172. The molecular formula is C77H97F3N8O18. The van der Waals surface area contributed by atoms with Gasteiger partial charge in [0.05, 0.1) is 78.6 Å². The molecule has 8 heterocycles. The molecule has 6 aromatic rings. The van der Waals surface area contributed by atoms with E-state index >= 15 is 0 Å². The number of rotatable bonds is 27. The molecule has 4 aliphatic rings. The number of aromatic nitrogens is 4. The van der Waals surface area contributed by atoms with Crippen LogP contribution in [0.1, 0.15) is 185 Å². The number of nitrogens with zero attached hydrogens (tertiary/aromatic N) is 4. The van der Waals surface area contributed by atoms with Crippen LogP contribution >= 0.6 is 0 Å². The predicted octanol–water partition coefficient (Wildman–Crippen LogP) is 7.50. The van der Waals surface area contributed by atoms with Gasteiger partial charge in [-0.1, -0.05) is 55.4 Å². The second-order valence-corrected chi connectivity index (χ2v) is 27.7. The van der Waals surface area contributed by atoms with Crippen LogP contribution in [0, 0.1) is 49.2 Å². The lowest BCUT2D eigenvalue weighted by Crippen LogP contribution is -2.44. The summed E-state index contributed by atoms with van der Waals surface area (Å²) < 4.78 is 68.4. The second kappa shape index (κ2) is 36.1. The third kappa shape index (κ3) is 18.4. The van der Waals surface area contributed by atoms with Crippen molar-refractivity contribution in [2.45, 2.75) is 204 Å². The number of ketones is 2. The number of benzene rings is 2. The number of aliphatic hydroxyl groups excluding tert-OH is 1. The number of pyridine rings is 4. The summed E-state index contributed by atoms with van der Waals surface area (Å²) in [7, 11) is -1.00. The maximum Gasteiger partial charge on any atom is 0.343 e. The van der Waals surface area contributed by atoms with Crippen molar-refractivity contribution in [2.24, 2.45) is 23.7 Å². The molecule has 0 aliphatic carbocycles. The molecule has 0 spiro atoms. The number of hydrogen-bond acceptors (Lipinski definition) is 20. The fourth-order valence-corrected chi connectivity index (χ4v) is 12.9. The van der Waals surface area contributed by atoms with E-state index in [0.29, 0.717) is 90.2 Å². The minimum atomic E-state index is -1.95. The zero-order valence-electron chi connectivity index (χ0n) is 63.3. The monoisotopic (exact) mass is 1480 g/mol. The number of ether oxygens (including phenoxy) is 4. The molecule has 4 aromatic heterocycles. The zero-order chi connectivity index (χ0) is 79.3. The fraction of sp³-hybridized carbons (Fsp3) is 0.519. The third-order valence-corrected chi connectivity index (χ3v) is 19.5. The number of nitrogens with one attached hydrogen (secondary N) is 4. The highest BCUT2D eigenvalue weighted by molar-refractivity contribution is 5.95. The molecule has 10 rings (SSSR count). The van der Waals surface area contributed by atoms with E-state index in [1.54, 1.807) is 116 Å². The molecule has 6 atom stereocenters. The lowest BCUT2D eigenvalue weighted by atomic mass is 9.86. The van der Waals surface area contributed by atoms with Gasteiger partial charge in [0, 0.05) is 102 Å². The van der Waals surface area contributed by atoms with Gasteiger partial charge in [0.15, 0.2) is 29.5 Å². The van der Waals surface area contributed by atoms with Crippen LogP contribution in [0.2, 0.25) is 0 Å². The summed E-state index contributed by atoms with van der Waals surface area (Å²) in [4.78, 5) is 144. The first-order valence-corrected chi connectivity index (χ1v) is 35.5. The van der Waals surface area contributed by atoms with Crippen LogP contribution in [0.4, 0.5) is 13.2 Å². The quantitative estimate of drug-likeness (QED) is 0.0113. The van der Waals surface area contributed by atoms with Gasteiger partial charge >= 0.3 is 17.9 Å². The van der Waals surface area contributed by atoms with E-state index < -0.39 is 66.0 Å². The number of halogens is 3. The van der Waals surface area contributed by atoms with Crippen molar-refractivity contribution >= 4 is 74.9 Å². The van der Waals surface area contributed by atoms with Crippen LogP contribution in [0.5, 0.6) is 0 Å². The van der Waals surface area contributed by atoms with Crippen LogP contribution in [-0.4, -0.2) is 133 Å². The number of unbranched alkanes of at least 4 members (excludes halogenated alkanes) is 2. The van der Waals surface area contributed by atoms with Crippen molar-refractivity contribution in [3.63, 3.8) is 0 Å². The highest BCUT2D eigenvalue weighted by Crippen LogP contribution is 2.43. The predicted molar refractivity (Wildman–Crippen MR) is 385 cm³/mol. The van der Waals surface area contributed by atoms with Gasteiger partial charge in [0.1, 0.15) is 31.6 Å². The molecule has 0 unspecified atom stereocenters. The lowest BCUT2D eigenvalue weighted by Gasteiger charge is -2.31. The highest BCUT2D eigenvalue weighted by atomic mass is 19.1. The SMILES string of the molecule is CC(=O)OCNC(=O)[C@H](C)CC(=O)[C@H](C)NC(=O)C(C)C.CC[C@@]1(O)C(=O)OCc2c1cc1n(c2=O)Cc2c-1nc1cc(F)c(C)cc1c2CCCCO.CC[C@@]1(O)C(=O)OCc2c1cc1n(c2=O)Cc2c-1nc1cc(F)c(C)cc1c2CCCCOCNC(=O)[C@H](C)CC(=O)[C@H](C)NC(=O)C(C)C.[2H]CF. The highest BCUT2D eigenvalue weighted by Gasteiger charge is 2.47. The number of fused-ring (bicyclic) bond motifs is 10. The average molecular weight is 1480 g/mol. The van der Waals surface area contributed by atoms with E-state index in [4.69, 9.17) is 25.5 Å². The number of hydrogen-bond donors (Lipinski definition) is 7. The molecule has 0 fully saturated rings. The van der Waals surface area contributed by atoms with Crippen molar-refractivity contribution in [3.8, 4) is 22.8 Å². The van der Waals surface area contributed by atoms with Crippen LogP contribution in [0.15, 0.2) is 46.0 Å². The van der Waals surface area contributed by atoms with E-state index in [-0.39, 0.29) is 152 Å². The first-order chi connectivity index (χ1) is 50.5. The molecule has 29 heteroatoms. The first kappa shape index (κ1) is 82.1. The van der Waals surface area contributed by atoms with Crippen molar-refractivity contribution in [1.29, 1.82) is 0 Å². The molecule has 0 bridgehead atoms. The van der Waals surface area contributed by atoms with Gasteiger partial charge in [-0.3, -0.25) is 47.5 Å². The summed E-state index contributed by atoms with van der Waals surface area (Å²) in [5.41, 5.74) is 3.97. The van der Waals surface area contributed by atoms with E-state index in [0.717, 1.165) is 39.4 Å². The molecule has 26 nitrogen and oxygen atoms in total. The Morgan fingerprint density at radius 2 is 1.00 bits per heavy atom. The Kier molecular flexibility index (Phi) is 28.0. The summed E-state index contributed by atoms with van der Waals surface area (Å²) in [6.45, 7) is 21.6. The molecule has 0 saturated heterocycles. The topological polar surface area (TPSA) is 369 Å². The summed E-state index contributed by atoms with van der Waals surface area (Å²) >= 11 is 0. The van der Waals surface area contributed by atoms with Crippen molar-refractivity contribution in [2.75, 3.05) is 33.8 Å². The summed E-state index contributed by atoms with van der Waals surface area (Å²) in [6, 6.07) is 8.32. The standard InChI is InChI=1S/C37H45FN4O8.C25H25FN2O5.C14H24N2O5.CH3F/c1-7-37(48)27-14-30-32-25(16-42(30)35(46)26(27)17-50-36(37)47)23(24-12-20(4)28(38)15-29(24)41-32)10-8-9-11-49-18-39-34(45)21(5)13-31(43)22(6)40-33(44)19(2)3;1-3-25(32)18-9-21-22-16(11-28(21)23(30)17(18)12-33-24(25)31)14(6-4-5-7-29)15-8-13(2)19(26)10-20(15)27-22;1-8(2)13(19)16-10(4)12(18)6-9(3)14(20)15-7-21-11(5)17;1-2/h12,14-15,19,21-22,48H,7-11,13,16-18H2,1-6H3,(H,39,45)(H,40,44);8-10,29,32H,3-7,11-12H2,1-2H3;8-10H,6-7H2,1-5H3,(H,15,20)(H,16,19);1H3/t21-,22+,37+;25-;9-,10+;/m101./s1/i;;;1D. The number of carbonyl (C=O) groups is 9. The number of aliphatic hydroxyl groups is 3. The van der Waals surface area contributed by atoms with Gasteiger partial charge in [-0.15, -0.1) is 0 Å². The van der Waals surface area contributed by atoms with Crippen molar-refractivity contribution < 1.29 is 92.0 Å². The van der Waals surface area contributed by atoms with Crippen molar-refractivity contribution in [1.82, 2.24) is 40.4 Å². The molecule has 2 aromatic carbocycles. The van der Waals surface area contributed by atoms with E-state index in [1.165, 1.54) is 19.1 Å². The van der Waals surface area contributed by atoms with E-state index in [2.05, 4.69) is 26.0 Å². The molecule has 0 saturated carbocycles. The first-order valence-electron chi connectivity index (χ1n) is 36.2. The van der Waals surface area contributed by atoms with Crippen LogP contribution in [0.25, 0.3) is 44.6 Å². The van der Waals surface area contributed by atoms with E-state index in [9.17, 15) is 81.2 Å². The Labute approximate surface area is 613 Å². The molecule has 106 heavy (non-hydrogen) atoms. The zero-order valence-corrected chi connectivity index (χ0v) is 62.3. The number of alkyl halides is 1. The number of esters is 3. The van der Waals surface area contributed by atoms with Gasteiger partial charge < -0.3 is 64.7 Å².